The second-order valence-corrected chi connectivity index (χ2v) is 9.35. The lowest BCUT2D eigenvalue weighted by Gasteiger charge is -2.20. The van der Waals surface area contributed by atoms with Gasteiger partial charge >= 0.3 is 0 Å². The normalized spacial score (nSPS) is 12.2. The minimum atomic E-state index is -0.0594. The minimum absolute atomic E-state index is 0.0594. The number of carbonyl (C=O) groups is 1. The second-order valence-electron chi connectivity index (χ2n) is 9.35. The number of aromatic nitrogens is 1. The van der Waals surface area contributed by atoms with E-state index in [0.717, 1.165) is 34.4 Å². The first-order chi connectivity index (χ1) is 19.2. The summed E-state index contributed by atoms with van der Waals surface area (Å²) in [7, 11) is 1.67. The summed E-state index contributed by atoms with van der Waals surface area (Å²) < 4.78 is 11.3. The highest BCUT2D eigenvalue weighted by Gasteiger charge is 2.28. The van der Waals surface area contributed by atoms with E-state index in [0.29, 0.717) is 43.1 Å². The van der Waals surface area contributed by atoms with Crippen molar-refractivity contribution in [2.24, 2.45) is 0 Å². The molecular weight excluding hydrogens is 488 g/mol. The Labute approximate surface area is 228 Å². The van der Waals surface area contributed by atoms with Gasteiger partial charge in [-0.25, -0.2) is 0 Å². The van der Waals surface area contributed by atoms with Gasteiger partial charge in [0.05, 0.1) is 12.2 Å². The molecule has 1 amide bonds. The van der Waals surface area contributed by atoms with Gasteiger partial charge in [-0.1, -0.05) is 48.5 Å². The lowest BCUT2D eigenvalue weighted by Crippen LogP contribution is -2.29. The van der Waals surface area contributed by atoms with Gasteiger partial charge < -0.3 is 19.7 Å². The molecule has 0 saturated carbocycles. The predicted molar refractivity (Wildman–Crippen MR) is 151 cm³/mol. The molecule has 0 atom stereocenters. The van der Waals surface area contributed by atoms with E-state index in [1.807, 2.05) is 53.4 Å². The first-order valence-electron chi connectivity index (χ1n) is 13.0. The molecule has 5 rings (SSSR count). The summed E-state index contributed by atoms with van der Waals surface area (Å²) in [5.41, 5.74) is 7.21. The number of fused-ring (bicyclic) bond motifs is 1. The number of hydrogen-bond donors (Lipinski definition) is 1. The molecule has 0 radical (unpaired) electrons. The van der Waals surface area contributed by atoms with E-state index in [1.54, 1.807) is 19.4 Å². The molecule has 3 aromatic carbocycles. The summed E-state index contributed by atoms with van der Waals surface area (Å²) in [6.45, 7) is 2.72. The highest BCUT2D eigenvalue weighted by atomic mass is 16.5. The topological polar surface area (TPSA) is 87.5 Å². The molecular formula is C32H30N4O3. The summed E-state index contributed by atoms with van der Waals surface area (Å²) in [5, 5.41) is 12.5. The number of hydrogen-bond acceptors (Lipinski definition) is 6. The SMILES string of the molecule is COCCNCc1ccc(C(=O)N2CCc3c(-c4ccccc4)cccc32)cc1OCc1cncc(C#N)c1. The Balaban J connectivity index is 1.40. The Morgan fingerprint density at radius 3 is 2.77 bits per heavy atom. The van der Waals surface area contributed by atoms with Crippen LogP contribution < -0.4 is 15.0 Å². The van der Waals surface area contributed by atoms with E-state index in [1.165, 1.54) is 11.8 Å². The molecule has 196 valence electrons. The van der Waals surface area contributed by atoms with Gasteiger partial charge in [0.1, 0.15) is 18.4 Å². The third-order valence-electron chi connectivity index (χ3n) is 6.79. The summed E-state index contributed by atoms with van der Waals surface area (Å²) in [6.07, 6.45) is 4.00. The summed E-state index contributed by atoms with van der Waals surface area (Å²) in [5.74, 6) is 0.557. The number of anilines is 1. The summed E-state index contributed by atoms with van der Waals surface area (Å²) in [6, 6.07) is 25.9. The van der Waals surface area contributed by atoms with Crippen molar-refractivity contribution in [1.82, 2.24) is 10.3 Å². The molecule has 0 unspecified atom stereocenters. The van der Waals surface area contributed by atoms with Crippen molar-refractivity contribution >= 4 is 11.6 Å². The Hall–Kier alpha value is -4.51. The van der Waals surface area contributed by atoms with Crippen molar-refractivity contribution in [2.75, 3.05) is 31.7 Å². The van der Waals surface area contributed by atoms with E-state index < -0.39 is 0 Å². The smallest absolute Gasteiger partial charge is 0.258 e. The maximum Gasteiger partial charge on any atom is 0.258 e. The van der Waals surface area contributed by atoms with Crippen LogP contribution in [0.2, 0.25) is 0 Å². The van der Waals surface area contributed by atoms with Gasteiger partial charge in [-0.2, -0.15) is 5.26 Å². The molecule has 1 N–H and O–H groups in total. The van der Waals surface area contributed by atoms with Gasteiger partial charge in [-0.15, -0.1) is 0 Å². The van der Waals surface area contributed by atoms with Gasteiger partial charge in [0.25, 0.3) is 5.91 Å². The number of nitrogens with zero attached hydrogens (tertiary/aromatic N) is 3. The van der Waals surface area contributed by atoms with Gasteiger partial charge in [0.2, 0.25) is 0 Å². The standard InChI is InChI=1S/C32H30N4O3/c1-38-15-13-34-21-27-11-10-26(17-31(27)39-22-24-16-23(18-33)19-35-20-24)32(37)36-14-12-29-28(8-5-9-30(29)36)25-6-3-2-4-7-25/h2-11,16-17,19-20,34H,12-15,21-22H2,1H3. The number of rotatable bonds is 10. The number of carbonyl (C=O) groups excluding carboxylic acids is 1. The zero-order valence-electron chi connectivity index (χ0n) is 21.9. The predicted octanol–water partition coefficient (Wildman–Crippen LogP) is 5.14. The van der Waals surface area contributed by atoms with E-state index >= 15 is 0 Å². The molecule has 0 bridgehead atoms. The fourth-order valence-corrected chi connectivity index (χ4v) is 4.84. The van der Waals surface area contributed by atoms with Crippen LogP contribution in [0.5, 0.6) is 5.75 Å². The molecule has 0 saturated heterocycles. The monoisotopic (exact) mass is 518 g/mol. The number of pyridine rings is 1. The Morgan fingerprint density at radius 1 is 1.08 bits per heavy atom. The van der Waals surface area contributed by atoms with E-state index in [2.05, 4.69) is 34.6 Å². The van der Waals surface area contributed by atoms with E-state index in [4.69, 9.17) is 9.47 Å². The fraction of sp³-hybridized carbons (Fsp3) is 0.219. The van der Waals surface area contributed by atoms with Crippen LogP contribution in [0.25, 0.3) is 11.1 Å². The third-order valence-corrected chi connectivity index (χ3v) is 6.79. The summed E-state index contributed by atoms with van der Waals surface area (Å²) >= 11 is 0. The van der Waals surface area contributed by atoms with Crippen LogP contribution in [0.3, 0.4) is 0 Å². The summed E-state index contributed by atoms with van der Waals surface area (Å²) in [4.78, 5) is 19.7. The zero-order valence-corrected chi connectivity index (χ0v) is 21.9. The van der Waals surface area contributed by atoms with Gasteiger partial charge in [-0.05, 0) is 47.4 Å². The average molecular weight is 519 g/mol. The van der Waals surface area contributed by atoms with E-state index in [9.17, 15) is 10.1 Å². The largest absolute Gasteiger partial charge is 0.488 e. The van der Waals surface area contributed by atoms with Crippen molar-refractivity contribution in [3.05, 3.63) is 113 Å². The second kappa shape index (κ2) is 12.4. The quantitative estimate of drug-likeness (QED) is 0.293. The van der Waals surface area contributed by atoms with Crippen molar-refractivity contribution in [2.45, 2.75) is 19.6 Å². The van der Waals surface area contributed by atoms with Crippen molar-refractivity contribution in [3.63, 3.8) is 0 Å². The average Bonchev–Trinajstić information content (AvgIpc) is 3.43. The molecule has 0 aliphatic carbocycles. The maximum absolute atomic E-state index is 13.8. The van der Waals surface area contributed by atoms with Crippen LogP contribution in [0.4, 0.5) is 5.69 Å². The molecule has 0 fully saturated rings. The third kappa shape index (κ3) is 5.99. The minimum Gasteiger partial charge on any atom is -0.488 e. The number of ether oxygens (including phenoxy) is 2. The maximum atomic E-state index is 13.8. The molecule has 1 aliphatic heterocycles. The highest BCUT2D eigenvalue weighted by molar-refractivity contribution is 6.08. The molecule has 1 aliphatic rings. The van der Waals surface area contributed by atoms with Crippen LogP contribution in [-0.2, 0) is 24.3 Å². The zero-order chi connectivity index (χ0) is 27.0. The fourth-order valence-electron chi connectivity index (χ4n) is 4.84. The highest BCUT2D eigenvalue weighted by Crippen LogP contribution is 2.37. The Kier molecular flexibility index (Phi) is 8.27. The van der Waals surface area contributed by atoms with Crippen LogP contribution in [0.1, 0.15) is 32.6 Å². The van der Waals surface area contributed by atoms with Crippen LogP contribution in [0.15, 0.2) is 85.2 Å². The molecule has 4 aromatic rings. The number of nitriles is 1. The van der Waals surface area contributed by atoms with Gasteiger partial charge in [0, 0.05) is 61.5 Å². The lowest BCUT2D eigenvalue weighted by atomic mass is 9.98. The van der Waals surface area contributed by atoms with Crippen molar-refractivity contribution in [3.8, 4) is 22.9 Å². The molecule has 1 aromatic heterocycles. The number of methoxy groups -OCH3 is 1. The molecule has 7 nitrogen and oxygen atoms in total. The molecule has 7 heteroatoms. The van der Waals surface area contributed by atoms with Crippen LogP contribution in [0, 0.1) is 11.3 Å². The first-order valence-corrected chi connectivity index (χ1v) is 13.0. The van der Waals surface area contributed by atoms with Crippen LogP contribution >= 0.6 is 0 Å². The van der Waals surface area contributed by atoms with Crippen molar-refractivity contribution in [1.29, 1.82) is 5.26 Å². The van der Waals surface area contributed by atoms with Gasteiger partial charge in [-0.3, -0.25) is 9.78 Å². The van der Waals surface area contributed by atoms with Crippen molar-refractivity contribution < 1.29 is 14.3 Å². The van der Waals surface area contributed by atoms with E-state index in [-0.39, 0.29) is 12.5 Å². The number of nitrogens with one attached hydrogen (secondary N) is 1. The Morgan fingerprint density at radius 2 is 1.95 bits per heavy atom. The molecule has 39 heavy (non-hydrogen) atoms. The molecule has 2 heterocycles. The van der Waals surface area contributed by atoms with Crippen LogP contribution in [-0.4, -0.2) is 37.7 Å². The number of amides is 1. The van der Waals surface area contributed by atoms with Gasteiger partial charge in [0.15, 0.2) is 0 Å². The lowest BCUT2D eigenvalue weighted by molar-refractivity contribution is 0.0989. The molecule has 0 spiro atoms. The number of benzene rings is 3. The first kappa shape index (κ1) is 26.1. The Bertz CT molecular complexity index is 1500.